The number of carbonyl (C=O) groups is 3. The van der Waals surface area contributed by atoms with Gasteiger partial charge in [0, 0.05) is 22.8 Å². The number of ether oxygens (including phenoxy) is 2. The number of ketones is 1. The van der Waals surface area contributed by atoms with Crippen LogP contribution >= 0.6 is 11.3 Å². The molecule has 0 atom stereocenters. The van der Waals surface area contributed by atoms with Gasteiger partial charge in [-0.2, -0.15) is 0 Å². The van der Waals surface area contributed by atoms with Gasteiger partial charge in [-0.1, -0.05) is 6.07 Å². The van der Waals surface area contributed by atoms with E-state index in [1.165, 1.54) is 11.3 Å². The number of esters is 2. The number of nitrogens with one attached hydrogen (secondary N) is 1. The van der Waals surface area contributed by atoms with Gasteiger partial charge in [-0.25, -0.2) is 9.78 Å². The molecule has 8 nitrogen and oxygen atoms in total. The number of hydrogen-bond donors (Lipinski definition) is 1. The zero-order valence-electron chi connectivity index (χ0n) is 16.9. The van der Waals surface area contributed by atoms with Gasteiger partial charge in [0.2, 0.25) is 5.78 Å². The fourth-order valence-corrected chi connectivity index (χ4v) is 3.78. The average molecular weight is 427 g/mol. The third kappa shape index (κ3) is 4.80. The number of carbonyl (C=O) groups excluding carboxylic acids is 3. The van der Waals surface area contributed by atoms with E-state index in [4.69, 9.17) is 9.47 Å². The van der Waals surface area contributed by atoms with Gasteiger partial charge in [0.25, 0.3) is 0 Å². The summed E-state index contributed by atoms with van der Waals surface area (Å²) in [5.74, 6) is -1.48. The molecule has 0 aliphatic carbocycles. The molecular formula is C21H21N3O5S. The lowest BCUT2D eigenvalue weighted by Gasteiger charge is -2.05. The predicted octanol–water partition coefficient (Wildman–Crippen LogP) is 3.30. The maximum atomic E-state index is 12.6. The fourth-order valence-electron chi connectivity index (χ4n) is 2.99. The van der Waals surface area contributed by atoms with Crippen LogP contribution in [-0.2, 0) is 20.7 Å². The van der Waals surface area contributed by atoms with Crippen molar-refractivity contribution in [3.63, 3.8) is 0 Å². The molecule has 0 amide bonds. The first-order valence-corrected chi connectivity index (χ1v) is 10.2. The molecule has 0 spiro atoms. The highest BCUT2D eigenvalue weighted by Gasteiger charge is 2.23. The number of pyridine rings is 1. The van der Waals surface area contributed by atoms with E-state index >= 15 is 0 Å². The minimum atomic E-state index is -0.558. The van der Waals surface area contributed by atoms with E-state index in [1.807, 2.05) is 18.2 Å². The molecule has 30 heavy (non-hydrogen) atoms. The number of aryl methyl sites for hydroxylation is 1. The smallest absolute Gasteiger partial charge is 0.355 e. The first-order valence-electron chi connectivity index (χ1n) is 9.31. The molecule has 0 aromatic carbocycles. The van der Waals surface area contributed by atoms with Gasteiger partial charge >= 0.3 is 11.9 Å². The Balaban J connectivity index is 1.60. The van der Waals surface area contributed by atoms with E-state index in [-0.39, 0.29) is 18.7 Å². The maximum absolute atomic E-state index is 12.6. The quantitative estimate of drug-likeness (QED) is 0.434. The number of thiazole rings is 1. The highest BCUT2D eigenvalue weighted by molar-refractivity contribution is 7.13. The molecule has 3 rings (SSSR count). The second-order valence-electron chi connectivity index (χ2n) is 6.47. The molecule has 0 saturated heterocycles. The Bertz CT molecular complexity index is 1070. The van der Waals surface area contributed by atoms with Crippen molar-refractivity contribution < 1.29 is 23.9 Å². The summed E-state index contributed by atoms with van der Waals surface area (Å²) in [5, 5.41) is 2.47. The zero-order valence-corrected chi connectivity index (χ0v) is 17.7. The van der Waals surface area contributed by atoms with Crippen LogP contribution in [0.1, 0.15) is 44.7 Å². The van der Waals surface area contributed by atoms with Gasteiger partial charge in [-0.15, -0.1) is 11.3 Å². The highest BCUT2D eigenvalue weighted by Crippen LogP contribution is 2.22. The number of H-pyrrole nitrogens is 1. The summed E-state index contributed by atoms with van der Waals surface area (Å²) < 4.78 is 10.1. The molecule has 3 aromatic rings. The summed E-state index contributed by atoms with van der Waals surface area (Å²) in [7, 11) is 0. The van der Waals surface area contributed by atoms with E-state index in [0.29, 0.717) is 27.5 Å². The first kappa shape index (κ1) is 21.4. The third-order valence-corrected chi connectivity index (χ3v) is 5.23. The fraction of sp³-hybridized carbons (Fsp3) is 0.286. The van der Waals surface area contributed by atoms with Crippen LogP contribution in [0.4, 0.5) is 0 Å². The Labute approximate surface area is 177 Å². The van der Waals surface area contributed by atoms with Crippen molar-refractivity contribution in [3.8, 4) is 10.7 Å². The van der Waals surface area contributed by atoms with Crippen molar-refractivity contribution in [2.24, 2.45) is 0 Å². The standard InChI is InChI=1S/C21H21N3O5S/c1-4-28-21(27)19-12(2)18(13(3)23-19)16(25)10-29-17(26)9-14-11-30-20(24-14)15-7-5-6-8-22-15/h5-8,11,23H,4,9-10H2,1-3H3. The lowest BCUT2D eigenvalue weighted by Crippen LogP contribution is -2.17. The molecule has 0 bridgehead atoms. The lowest BCUT2D eigenvalue weighted by atomic mass is 10.1. The van der Waals surface area contributed by atoms with Crippen LogP contribution in [0.3, 0.4) is 0 Å². The molecule has 9 heteroatoms. The van der Waals surface area contributed by atoms with Gasteiger partial charge in [0.15, 0.2) is 6.61 Å². The average Bonchev–Trinajstić information content (AvgIpc) is 3.31. The van der Waals surface area contributed by atoms with E-state index in [2.05, 4.69) is 15.0 Å². The Kier molecular flexibility index (Phi) is 6.73. The Hall–Kier alpha value is -3.33. The summed E-state index contributed by atoms with van der Waals surface area (Å²) in [6, 6.07) is 5.52. The molecule has 1 N–H and O–H groups in total. The molecule has 156 valence electrons. The topological polar surface area (TPSA) is 111 Å². The second kappa shape index (κ2) is 9.45. The molecule has 0 fully saturated rings. The number of nitrogens with zero attached hydrogens (tertiary/aromatic N) is 2. The van der Waals surface area contributed by atoms with Gasteiger partial charge in [0.1, 0.15) is 10.7 Å². The SMILES string of the molecule is CCOC(=O)c1[nH]c(C)c(C(=O)COC(=O)Cc2csc(-c3ccccn3)n2)c1C. The monoisotopic (exact) mass is 427 g/mol. The van der Waals surface area contributed by atoms with Gasteiger partial charge in [-0.3, -0.25) is 14.6 Å². The number of Topliss-reactive ketones (excluding diaryl/α,β-unsaturated/α-hetero) is 1. The molecule has 0 saturated carbocycles. The third-order valence-electron chi connectivity index (χ3n) is 4.32. The largest absolute Gasteiger partial charge is 0.461 e. The van der Waals surface area contributed by atoms with Gasteiger partial charge in [0.05, 0.1) is 24.4 Å². The van der Waals surface area contributed by atoms with Gasteiger partial charge < -0.3 is 14.5 Å². The van der Waals surface area contributed by atoms with Crippen molar-refractivity contribution >= 4 is 29.1 Å². The van der Waals surface area contributed by atoms with E-state index in [9.17, 15) is 14.4 Å². The van der Waals surface area contributed by atoms with E-state index in [0.717, 1.165) is 5.69 Å². The molecule has 3 heterocycles. The van der Waals surface area contributed by atoms with Crippen LogP contribution in [0.2, 0.25) is 0 Å². The Morgan fingerprint density at radius 1 is 1.17 bits per heavy atom. The minimum Gasteiger partial charge on any atom is -0.461 e. The number of aromatic nitrogens is 3. The van der Waals surface area contributed by atoms with Crippen LogP contribution in [-0.4, -0.2) is 45.9 Å². The van der Waals surface area contributed by atoms with Crippen molar-refractivity contribution in [2.75, 3.05) is 13.2 Å². The Morgan fingerprint density at radius 2 is 1.97 bits per heavy atom. The molecule has 0 radical (unpaired) electrons. The van der Waals surface area contributed by atoms with E-state index < -0.39 is 24.3 Å². The van der Waals surface area contributed by atoms with Crippen molar-refractivity contribution in [2.45, 2.75) is 27.2 Å². The van der Waals surface area contributed by atoms with Crippen molar-refractivity contribution in [3.05, 3.63) is 58.0 Å². The minimum absolute atomic E-state index is 0.0458. The molecule has 0 aliphatic heterocycles. The molecule has 3 aromatic heterocycles. The summed E-state index contributed by atoms with van der Waals surface area (Å²) in [5.41, 5.74) is 2.85. The lowest BCUT2D eigenvalue weighted by molar-refractivity contribution is -0.141. The number of aromatic amines is 1. The summed E-state index contributed by atoms with van der Waals surface area (Å²) in [6.45, 7) is 4.85. The van der Waals surface area contributed by atoms with Crippen LogP contribution < -0.4 is 0 Å². The van der Waals surface area contributed by atoms with Gasteiger partial charge in [-0.05, 0) is 38.5 Å². The normalized spacial score (nSPS) is 10.6. The summed E-state index contributed by atoms with van der Waals surface area (Å²) in [6.07, 6.45) is 1.63. The number of hydrogen-bond acceptors (Lipinski definition) is 8. The predicted molar refractivity (Wildman–Crippen MR) is 111 cm³/mol. The van der Waals surface area contributed by atoms with Crippen molar-refractivity contribution in [1.82, 2.24) is 15.0 Å². The molecule has 0 aliphatic rings. The summed E-state index contributed by atoms with van der Waals surface area (Å²) >= 11 is 1.38. The van der Waals surface area contributed by atoms with Crippen LogP contribution in [0.5, 0.6) is 0 Å². The first-order chi connectivity index (χ1) is 14.4. The van der Waals surface area contributed by atoms with Crippen molar-refractivity contribution in [1.29, 1.82) is 0 Å². The van der Waals surface area contributed by atoms with Crippen LogP contribution in [0, 0.1) is 13.8 Å². The van der Waals surface area contributed by atoms with Crippen LogP contribution in [0.25, 0.3) is 10.7 Å². The summed E-state index contributed by atoms with van der Waals surface area (Å²) in [4.78, 5) is 48.2. The molecular weight excluding hydrogens is 406 g/mol. The highest BCUT2D eigenvalue weighted by atomic mass is 32.1. The maximum Gasteiger partial charge on any atom is 0.355 e. The second-order valence-corrected chi connectivity index (χ2v) is 7.32. The number of rotatable bonds is 8. The van der Waals surface area contributed by atoms with Crippen LogP contribution in [0.15, 0.2) is 29.8 Å². The molecule has 0 unspecified atom stereocenters. The zero-order chi connectivity index (χ0) is 21.7. The van der Waals surface area contributed by atoms with E-state index in [1.54, 1.807) is 32.3 Å². The Morgan fingerprint density at radius 3 is 2.67 bits per heavy atom.